The summed E-state index contributed by atoms with van der Waals surface area (Å²) in [5.41, 5.74) is 6.72. The van der Waals surface area contributed by atoms with E-state index in [4.69, 9.17) is 10.9 Å². The molecule has 0 aliphatic heterocycles. The molecule has 0 radical (unpaired) electrons. The van der Waals surface area contributed by atoms with Crippen molar-refractivity contribution < 1.29 is 5.21 Å². The van der Waals surface area contributed by atoms with Crippen LogP contribution in [0.3, 0.4) is 0 Å². The first-order chi connectivity index (χ1) is 8.15. The Morgan fingerprint density at radius 3 is 2.88 bits per heavy atom. The van der Waals surface area contributed by atoms with Crippen molar-refractivity contribution in [3.63, 3.8) is 0 Å². The zero-order valence-corrected chi connectivity index (χ0v) is 10.5. The van der Waals surface area contributed by atoms with Crippen molar-refractivity contribution in [2.75, 3.05) is 19.6 Å². The van der Waals surface area contributed by atoms with Crippen molar-refractivity contribution in [1.82, 2.24) is 14.7 Å². The molecule has 1 aromatic heterocycles. The van der Waals surface area contributed by atoms with Gasteiger partial charge in [0.2, 0.25) is 0 Å². The lowest BCUT2D eigenvalue weighted by molar-refractivity contribution is 0.293. The van der Waals surface area contributed by atoms with Gasteiger partial charge in [0, 0.05) is 19.8 Å². The van der Waals surface area contributed by atoms with Crippen LogP contribution in [-0.2, 0) is 13.5 Å². The molecule has 6 nitrogen and oxygen atoms in total. The van der Waals surface area contributed by atoms with E-state index in [0.717, 1.165) is 25.9 Å². The second-order valence-corrected chi connectivity index (χ2v) is 4.14. The van der Waals surface area contributed by atoms with Gasteiger partial charge in [0.05, 0.1) is 12.7 Å². The average molecular weight is 239 g/mol. The Morgan fingerprint density at radius 1 is 1.59 bits per heavy atom. The van der Waals surface area contributed by atoms with Gasteiger partial charge >= 0.3 is 0 Å². The minimum Gasteiger partial charge on any atom is -0.409 e. The summed E-state index contributed by atoms with van der Waals surface area (Å²) < 4.78 is 1.79. The molecule has 0 unspecified atom stereocenters. The normalized spacial score (nSPS) is 12.3. The molecule has 0 aromatic carbocycles. The molecule has 0 aliphatic carbocycles. The first-order valence-electron chi connectivity index (χ1n) is 5.82. The van der Waals surface area contributed by atoms with Gasteiger partial charge in [-0.3, -0.25) is 9.58 Å². The molecule has 1 rings (SSSR count). The van der Waals surface area contributed by atoms with E-state index in [1.54, 1.807) is 4.68 Å². The maximum atomic E-state index is 8.56. The maximum absolute atomic E-state index is 8.56. The van der Waals surface area contributed by atoms with Crippen molar-refractivity contribution in [3.05, 3.63) is 18.0 Å². The van der Waals surface area contributed by atoms with Gasteiger partial charge in [-0.2, -0.15) is 5.10 Å². The summed E-state index contributed by atoms with van der Waals surface area (Å²) in [5, 5.41) is 15.7. The van der Waals surface area contributed by atoms with Gasteiger partial charge in [-0.05, 0) is 24.9 Å². The molecule has 0 spiro atoms. The molecule has 1 aromatic rings. The van der Waals surface area contributed by atoms with Gasteiger partial charge in [-0.1, -0.05) is 12.1 Å². The number of aryl methyl sites for hydroxylation is 1. The first kappa shape index (κ1) is 13.5. The van der Waals surface area contributed by atoms with E-state index in [1.165, 1.54) is 5.56 Å². The van der Waals surface area contributed by atoms with Crippen molar-refractivity contribution >= 4 is 5.84 Å². The van der Waals surface area contributed by atoms with Crippen LogP contribution in [0, 0.1) is 0 Å². The number of nitrogens with zero attached hydrogens (tertiary/aromatic N) is 4. The third-order valence-corrected chi connectivity index (χ3v) is 2.53. The van der Waals surface area contributed by atoms with E-state index >= 15 is 0 Å². The van der Waals surface area contributed by atoms with Crippen LogP contribution in [-0.4, -0.2) is 45.4 Å². The molecule has 0 fully saturated rings. The molecule has 0 saturated carbocycles. The molecule has 0 bridgehead atoms. The standard InChI is InChI=1S/C11H21N5O/c1-3-5-16(9-11(12)14-17)6-4-10-7-13-15(2)8-10/h7-8,17H,3-6,9H2,1-2H3,(H2,12,14). The topological polar surface area (TPSA) is 79.7 Å². The van der Waals surface area contributed by atoms with Crippen molar-refractivity contribution in [2.24, 2.45) is 17.9 Å². The quantitative estimate of drug-likeness (QED) is 0.313. The van der Waals surface area contributed by atoms with Crippen LogP contribution in [0.25, 0.3) is 0 Å². The Hall–Kier alpha value is -1.56. The molecule has 0 saturated heterocycles. The third-order valence-electron chi connectivity index (χ3n) is 2.53. The fraction of sp³-hybridized carbons (Fsp3) is 0.636. The second-order valence-electron chi connectivity index (χ2n) is 4.14. The minimum atomic E-state index is 0.254. The fourth-order valence-corrected chi connectivity index (χ4v) is 1.74. The number of oxime groups is 1. The Bertz CT molecular complexity index is 360. The summed E-state index contributed by atoms with van der Waals surface area (Å²) in [4.78, 5) is 2.17. The lowest BCUT2D eigenvalue weighted by Crippen LogP contribution is -2.35. The van der Waals surface area contributed by atoms with Gasteiger partial charge in [0.25, 0.3) is 0 Å². The third kappa shape index (κ3) is 4.86. The number of aromatic nitrogens is 2. The monoisotopic (exact) mass is 239 g/mol. The predicted molar refractivity (Wildman–Crippen MR) is 67.1 cm³/mol. The Labute approximate surface area is 102 Å². The van der Waals surface area contributed by atoms with Gasteiger partial charge in [0.1, 0.15) is 0 Å². The van der Waals surface area contributed by atoms with E-state index in [1.807, 2.05) is 19.4 Å². The van der Waals surface area contributed by atoms with E-state index in [2.05, 4.69) is 22.1 Å². The summed E-state index contributed by atoms with van der Waals surface area (Å²) in [7, 11) is 1.91. The number of nitrogens with two attached hydrogens (primary N) is 1. The summed E-state index contributed by atoms with van der Waals surface area (Å²) in [6.45, 7) is 4.44. The van der Waals surface area contributed by atoms with Gasteiger partial charge < -0.3 is 10.9 Å². The van der Waals surface area contributed by atoms with Crippen molar-refractivity contribution in [1.29, 1.82) is 0 Å². The first-order valence-corrected chi connectivity index (χ1v) is 5.82. The van der Waals surface area contributed by atoms with Gasteiger partial charge in [0.15, 0.2) is 5.84 Å². The minimum absolute atomic E-state index is 0.254. The summed E-state index contributed by atoms with van der Waals surface area (Å²) in [6.07, 6.45) is 5.85. The molecule has 6 heteroatoms. The van der Waals surface area contributed by atoms with Gasteiger partial charge in [-0.25, -0.2) is 0 Å². The van der Waals surface area contributed by atoms with Crippen LogP contribution in [0.15, 0.2) is 17.5 Å². The zero-order chi connectivity index (χ0) is 12.7. The SMILES string of the molecule is CCCN(CCc1cnn(C)c1)CC(N)=NO. The van der Waals surface area contributed by atoms with Crippen LogP contribution in [0.2, 0.25) is 0 Å². The molecular formula is C11H21N5O. The number of rotatable bonds is 7. The number of hydrogen-bond acceptors (Lipinski definition) is 4. The van der Waals surface area contributed by atoms with Crippen LogP contribution in [0.4, 0.5) is 0 Å². The van der Waals surface area contributed by atoms with Crippen molar-refractivity contribution in [2.45, 2.75) is 19.8 Å². The van der Waals surface area contributed by atoms with E-state index in [-0.39, 0.29) is 5.84 Å². The Balaban J connectivity index is 2.43. The van der Waals surface area contributed by atoms with E-state index < -0.39 is 0 Å². The average Bonchev–Trinajstić information content (AvgIpc) is 2.72. The van der Waals surface area contributed by atoms with Crippen LogP contribution in [0.1, 0.15) is 18.9 Å². The molecular weight excluding hydrogens is 218 g/mol. The number of hydrogen-bond donors (Lipinski definition) is 2. The van der Waals surface area contributed by atoms with E-state index in [9.17, 15) is 0 Å². The molecule has 0 aliphatic rings. The predicted octanol–water partition coefficient (Wildman–Crippen LogP) is 0.421. The Kier molecular flexibility index (Phi) is 5.48. The highest BCUT2D eigenvalue weighted by Gasteiger charge is 2.07. The molecule has 3 N–H and O–H groups in total. The Morgan fingerprint density at radius 2 is 2.35 bits per heavy atom. The second kappa shape index (κ2) is 6.90. The lowest BCUT2D eigenvalue weighted by atomic mass is 10.2. The highest BCUT2D eigenvalue weighted by atomic mass is 16.4. The van der Waals surface area contributed by atoms with E-state index in [0.29, 0.717) is 6.54 Å². The van der Waals surface area contributed by atoms with Gasteiger partial charge in [-0.15, -0.1) is 0 Å². The van der Waals surface area contributed by atoms with Crippen LogP contribution >= 0.6 is 0 Å². The molecule has 0 atom stereocenters. The van der Waals surface area contributed by atoms with Crippen LogP contribution in [0.5, 0.6) is 0 Å². The summed E-state index contributed by atoms with van der Waals surface area (Å²) in [6, 6.07) is 0. The molecule has 0 amide bonds. The van der Waals surface area contributed by atoms with Crippen molar-refractivity contribution in [3.8, 4) is 0 Å². The highest BCUT2D eigenvalue weighted by molar-refractivity contribution is 5.81. The van der Waals surface area contributed by atoms with Crippen LogP contribution < -0.4 is 5.73 Å². The molecule has 1 heterocycles. The summed E-state index contributed by atoms with van der Waals surface area (Å²) in [5.74, 6) is 0.254. The number of amidine groups is 1. The maximum Gasteiger partial charge on any atom is 0.153 e. The molecule has 96 valence electrons. The zero-order valence-electron chi connectivity index (χ0n) is 10.5. The summed E-state index contributed by atoms with van der Waals surface area (Å²) >= 11 is 0. The smallest absolute Gasteiger partial charge is 0.153 e. The largest absolute Gasteiger partial charge is 0.409 e. The highest BCUT2D eigenvalue weighted by Crippen LogP contribution is 2.00. The fourth-order valence-electron chi connectivity index (χ4n) is 1.74. The lowest BCUT2D eigenvalue weighted by Gasteiger charge is -2.20. The molecule has 17 heavy (non-hydrogen) atoms.